The average molecular weight is 296 g/mol. The lowest BCUT2D eigenvalue weighted by Crippen LogP contribution is -2.46. The molecule has 1 fully saturated rings. The van der Waals surface area contributed by atoms with Crippen LogP contribution in [0.4, 0.5) is 11.4 Å². The molecule has 0 atom stereocenters. The number of ether oxygens (including phenoxy) is 1. The number of nitrogens with zero attached hydrogens (tertiary/aromatic N) is 2. The van der Waals surface area contributed by atoms with Crippen molar-refractivity contribution in [2.75, 3.05) is 36.0 Å². The monoisotopic (exact) mass is 296 g/mol. The lowest BCUT2D eigenvalue weighted by atomic mass is 10.2. The van der Waals surface area contributed by atoms with Gasteiger partial charge in [0.1, 0.15) is 5.75 Å². The van der Waals surface area contributed by atoms with Gasteiger partial charge in [-0.05, 0) is 38.1 Å². The second kappa shape index (κ2) is 6.73. The van der Waals surface area contributed by atoms with E-state index in [0.29, 0.717) is 0 Å². The topological polar surface area (TPSA) is 15.7 Å². The zero-order chi connectivity index (χ0) is 15.4. The Bertz CT molecular complexity index is 589. The van der Waals surface area contributed by atoms with Crippen molar-refractivity contribution in [1.82, 2.24) is 0 Å². The maximum absolute atomic E-state index is 5.80. The molecule has 1 aliphatic heterocycles. The number of benzene rings is 2. The minimum absolute atomic E-state index is 0.213. The number of para-hydroxylation sites is 1. The Morgan fingerprint density at radius 3 is 2.00 bits per heavy atom. The van der Waals surface area contributed by atoms with E-state index < -0.39 is 0 Å². The van der Waals surface area contributed by atoms with Crippen LogP contribution in [-0.2, 0) is 0 Å². The Balaban J connectivity index is 1.64. The van der Waals surface area contributed by atoms with Gasteiger partial charge >= 0.3 is 0 Å². The summed E-state index contributed by atoms with van der Waals surface area (Å²) < 4.78 is 5.80. The molecular weight excluding hydrogens is 272 g/mol. The van der Waals surface area contributed by atoms with Gasteiger partial charge in [0.05, 0.1) is 6.10 Å². The summed E-state index contributed by atoms with van der Waals surface area (Å²) in [4.78, 5) is 4.89. The van der Waals surface area contributed by atoms with Crippen LogP contribution in [0, 0.1) is 0 Å². The largest absolute Gasteiger partial charge is 0.491 e. The second-order valence-electron chi connectivity index (χ2n) is 5.97. The van der Waals surface area contributed by atoms with Gasteiger partial charge in [0.25, 0.3) is 0 Å². The fourth-order valence-corrected chi connectivity index (χ4v) is 2.89. The molecule has 22 heavy (non-hydrogen) atoms. The van der Waals surface area contributed by atoms with Gasteiger partial charge in [0, 0.05) is 43.6 Å². The molecule has 2 aromatic rings. The second-order valence-corrected chi connectivity index (χ2v) is 5.97. The number of hydrogen-bond donors (Lipinski definition) is 0. The van der Waals surface area contributed by atoms with E-state index >= 15 is 0 Å². The zero-order valence-corrected chi connectivity index (χ0v) is 13.4. The van der Waals surface area contributed by atoms with Crippen LogP contribution < -0.4 is 14.5 Å². The van der Waals surface area contributed by atoms with Gasteiger partial charge in [-0.25, -0.2) is 0 Å². The Hall–Kier alpha value is -2.16. The van der Waals surface area contributed by atoms with Crippen LogP contribution in [-0.4, -0.2) is 32.3 Å². The van der Waals surface area contributed by atoms with Crippen molar-refractivity contribution in [3.8, 4) is 5.75 Å². The zero-order valence-electron chi connectivity index (χ0n) is 13.4. The highest BCUT2D eigenvalue weighted by Gasteiger charge is 2.17. The van der Waals surface area contributed by atoms with Crippen LogP contribution in [0.3, 0.4) is 0 Å². The van der Waals surface area contributed by atoms with Crippen LogP contribution >= 0.6 is 0 Å². The molecule has 0 saturated carbocycles. The van der Waals surface area contributed by atoms with Gasteiger partial charge < -0.3 is 14.5 Å². The summed E-state index contributed by atoms with van der Waals surface area (Å²) in [5, 5.41) is 0. The molecule has 1 heterocycles. The molecule has 3 heteroatoms. The molecule has 3 nitrogen and oxygen atoms in total. The van der Waals surface area contributed by atoms with E-state index in [1.165, 1.54) is 11.4 Å². The van der Waals surface area contributed by atoms with Crippen LogP contribution in [0.15, 0.2) is 54.6 Å². The molecule has 0 aliphatic carbocycles. The Labute approximate surface area is 133 Å². The number of hydrogen-bond acceptors (Lipinski definition) is 3. The first-order chi connectivity index (χ1) is 10.7. The van der Waals surface area contributed by atoms with Crippen molar-refractivity contribution in [2.24, 2.45) is 0 Å². The van der Waals surface area contributed by atoms with Crippen molar-refractivity contribution < 1.29 is 4.74 Å². The fraction of sp³-hybridized carbons (Fsp3) is 0.368. The molecule has 116 valence electrons. The minimum atomic E-state index is 0.213. The van der Waals surface area contributed by atoms with E-state index in [4.69, 9.17) is 4.74 Å². The Kier molecular flexibility index (Phi) is 4.52. The molecule has 3 rings (SSSR count). The van der Waals surface area contributed by atoms with Crippen LogP contribution in [0.5, 0.6) is 5.75 Å². The molecule has 1 aliphatic rings. The summed E-state index contributed by atoms with van der Waals surface area (Å²) in [6.07, 6.45) is 0.213. The van der Waals surface area contributed by atoms with Gasteiger partial charge in [0.2, 0.25) is 0 Å². The number of anilines is 2. The molecule has 0 aromatic heterocycles. The highest BCUT2D eigenvalue weighted by molar-refractivity contribution is 5.54. The SMILES string of the molecule is CC(C)Oc1cccc(N2CCN(c3ccccc3)CC2)c1. The lowest BCUT2D eigenvalue weighted by Gasteiger charge is -2.37. The minimum Gasteiger partial charge on any atom is -0.491 e. The summed E-state index contributed by atoms with van der Waals surface area (Å²) in [7, 11) is 0. The first kappa shape index (κ1) is 14.8. The molecular formula is C19H24N2O. The summed E-state index contributed by atoms with van der Waals surface area (Å²) >= 11 is 0. The predicted molar refractivity (Wildman–Crippen MR) is 93.1 cm³/mol. The molecule has 2 aromatic carbocycles. The number of piperazine rings is 1. The quantitative estimate of drug-likeness (QED) is 0.853. The summed E-state index contributed by atoms with van der Waals surface area (Å²) in [6, 6.07) is 19.1. The van der Waals surface area contributed by atoms with E-state index in [0.717, 1.165) is 31.9 Å². The summed E-state index contributed by atoms with van der Waals surface area (Å²) in [5.41, 5.74) is 2.57. The van der Waals surface area contributed by atoms with E-state index in [-0.39, 0.29) is 6.10 Å². The Morgan fingerprint density at radius 1 is 0.773 bits per heavy atom. The fourth-order valence-electron chi connectivity index (χ4n) is 2.89. The van der Waals surface area contributed by atoms with Gasteiger partial charge in [-0.3, -0.25) is 0 Å². The first-order valence-corrected chi connectivity index (χ1v) is 8.04. The van der Waals surface area contributed by atoms with Crippen molar-refractivity contribution in [1.29, 1.82) is 0 Å². The summed E-state index contributed by atoms with van der Waals surface area (Å²) in [6.45, 7) is 8.31. The summed E-state index contributed by atoms with van der Waals surface area (Å²) in [5.74, 6) is 0.956. The lowest BCUT2D eigenvalue weighted by molar-refractivity contribution is 0.242. The molecule has 0 spiro atoms. The van der Waals surface area contributed by atoms with Crippen LogP contribution in [0.25, 0.3) is 0 Å². The van der Waals surface area contributed by atoms with Gasteiger partial charge in [0.15, 0.2) is 0 Å². The van der Waals surface area contributed by atoms with Gasteiger partial charge in [-0.15, -0.1) is 0 Å². The highest BCUT2D eigenvalue weighted by Crippen LogP contribution is 2.24. The van der Waals surface area contributed by atoms with Crippen LogP contribution in [0.1, 0.15) is 13.8 Å². The normalized spacial score (nSPS) is 15.2. The molecule has 0 N–H and O–H groups in total. The maximum atomic E-state index is 5.80. The predicted octanol–water partition coefficient (Wildman–Crippen LogP) is 3.80. The third kappa shape index (κ3) is 3.53. The van der Waals surface area contributed by atoms with E-state index in [2.05, 4.69) is 72.2 Å². The maximum Gasteiger partial charge on any atom is 0.121 e. The molecule has 0 bridgehead atoms. The van der Waals surface area contributed by atoms with E-state index in [9.17, 15) is 0 Å². The van der Waals surface area contributed by atoms with Gasteiger partial charge in [-0.1, -0.05) is 24.3 Å². The van der Waals surface area contributed by atoms with E-state index in [1.807, 2.05) is 6.07 Å². The molecule has 0 radical (unpaired) electrons. The smallest absolute Gasteiger partial charge is 0.121 e. The van der Waals surface area contributed by atoms with Crippen molar-refractivity contribution in [2.45, 2.75) is 20.0 Å². The van der Waals surface area contributed by atoms with Crippen molar-refractivity contribution in [3.05, 3.63) is 54.6 Å². The van der Waals surface area contributed by atoms with Crippen molar-refractivity contribution in [3.63, 3.8) is 0 Å². The highest BCUT2D eigenvalue weighted by atomic mass is 16.5. The molecule has 1 saturated heterocycles. The Morgan fingerprint density at radius 2 is 1.36 bits per heavy atom. The third-order valence-electron chi connectivity index (χ3n) is 3.96. The van der Waals surface area contributed by atoms with Crippen LogP contribution in [0.2, 0.25) is 0 Å². The average Bonchev–Trinajstić information content (AvgIpc) is 2.55. The first-order valence-electron chi connectivity index (χ1n) is 8.04. The molecule has 0 amide bonds. The third-order valence-corrected chi connectivity index (χ3v) is 3.96. The standard InChI is InChI=1S/C19H24N2O/c1-16(2)22-19-10-6-9-18(15-19)21-13-11-20(12-14-21)17-7-4-3-5-8-17/h3-10,15-16H,11-14H2,1-2H3. The van der Waals surface area contributed by atoms with E-state index in [1.54, 1.807) is 0 Å². The van der Waals surface area contributed by atoms with Gasteiger partial charge in [-0.2, -0.15) is 0 Å². The van der Waals surface area contributed by atoms with Crippen molar-refractivity contribution >= 4 is 11.4 Å². The number of rotatable bonds is 4. The molecule has 0 unspecified atom stereocenters.